The molecule has 0 amide bonds. The SMILES string of the molecule is COC(=O)c1c(C(=O)OC)c(-c2ccc(NS(=O)(=O)C=Cc3ccccc3)cc2)n2c1CCC2. The Morgan fingerprint density at radius 1 is 0.941 bits per heavy atom. The molecule has 0 fully saturated rings. The summed E-state index contributed by atoms with van der Waals surface area (Å²) in [4.78, 5) is 25.2. The summed E-state index contributed by atoms with van der Waals surface area (Å²) in [7, 11) is -1.19. The number of sulfonamides is 1. The van der Waals surface area contributed by atoms with E-state index in [9.17, 15) is 18.0 Å². The van der Waals surface area contributed by atoms with Gasteiger partial charge in [0.25, 0.3) is 10.0 Å². The lowest BCUT2D eigenvalue weighted by molar-refractivity contribution is 0.0556. The van der Waals surface area contributed by atoms with Gasteiger partial charge in [-0.15, -0.1) is 0 Å². The Labute approximate surface area is 197 Å². The van der Waals surface area contributed by atoms with E-state index in [1.165, 1.54) is 20.3 Å². The second-order valence-electron chi connectivity index (χ2n) is 7.72. The average Bonchev–Trinajstić information content (AvgIpc) is 3.43. The van der Waals surface area contributed by atoms with E-state index in [1.807, 2.05) is 22.8 Å². The Balaban J connectivity index is 1.67. The molecule has 4 rings (SSSR count). The van der Waals surface area contributed by atoms with Gasteiger partial charge in [-0.05, 0) is 42.2 Å². The molecule has 3 aromatic rings. The Kier molecular flexibility index (Phi) is 6.56. The Morgan fingerprint density at radius 3 is 2.24 bits per heavy atom. The molecular weight excluding hydrogens is 456 g/mol. The second kappa shape index (κ2) is 9.56. The van der Waals surface area contributed by atoms with Crippen LogP contribution in [0.5, 0.6) is 0 Å². The molecule has 0 bridgehead atoms. The molecule has 34 heavy (non-hydrogen) atoms. The fourth-order valence-electron chi connectivity index (χ4n) is 4.13. The van der Waals surface area contributed by atoms with Crippen LogP contribution in [0.1, 0.15) is 38.4 Å². The average molecular weight is 481 g/mol. The first kappa shape index (κ1) is 23.3. The maximum absolute atomic E-state index is 12.7. The third-order valence-electron chi connectivity index (χ3n) is 5.60. The standard InChI is InChI=1S/C25H24N2O6S/c1-32-24(28)21-20-9-6-15-27(20)23(22(21)25(29)33-2)18-10-12-19(13-11-18)26-34(30,31)16-14-17-7-4-3-5-8-17/h3-5,7-8,10-14,16,26H,6,9,15H2,1-2H3. The van der Waals surface area contributed by atoms with Gasteiger partial charge >= 0.3 is 11.9 Å². The predicted molar refractivity (Wildman–Crippen MR) is 129 cm³/mol. The molecule has 1 aliphatic heterocycles. The molecule has 8 nitrogen and oxygen atoms in total. The summed E-state index contributed by atoms with van der Waals surface area (Å²) in [5.41, 5.74) is 3.45. The number of methoxy groups -OCH3 is 2. The molecule has 0 spiro atoms. The highest BCUT2D eigenvalue weighted by Crippen LogP contribution is 2.37. The molecule has 2 heterocycles. The minimum Gasteiger partial charge on any atom is -0.465 e. The van der Waals surface area contributed by atoms with Crippen LogP contribution in [-0.4, -0.2) is 39.1 Å². The molecule has 0 unspecified atom stereocenters. The van der Waals surface area contributed by atoms with Gasteiger partial charge in [0, 0.05) is 17.9 Å². The fourth-order valence-corrected chi connectivity index (χ4v) is 5.00. The van der Waals surface area contributed by atoms with Crippen LogP contribution in [-0.2, 0) is 32.5 Å². The zero-order valence-corrected chi connectivity index (χ0v) is 19.6. The molecule has 0 saturated carbocycles. The van der Waals surface area contributed by atoms with Crippen molar-refractivity contribution in [3.63, 3.8) is 0 Å². The van der Waals surface area contributed by atoms with E-state index in [4.69, 9.17) is 9.47 Å². The van der Waals surface area contributed by atoms with Crippen molar-refractivity contribution in [3.05, 3.63) is 82.4 Å². The molecule has 9 heteroatoms. The van der Waals surface area contributed by atoms with E-state index in [1.54, 1.807) is 36.4 Å². The van der Waals surface area contributed by atoms with Crippen LogP contribution in [0.4, 0.5) is 5.69 Å². The number of nitrogens with one attached hydrogen (secondary N) is 1. The molecule has 2 aromatic carbocycles. The molecule has 1 aromatic heterocycles. The maximum atomic E-state index is 12.7. The highest BCUT2D eigenvalue weighted by atomic mass is 32.2. The van der Waals surface area contributed by atoms with Gasteiger partial charge in [-0.1, -0.05) is 42.5 Å². The minimum absolute atomic E-state index is 0.156. The van der Waals surface area contributed by atoms with Crippen LogP contribution in [0.3, 0.4) is 0 Å². The predicted octanol–water partition coefficient (Wildman–Crippen LogP) is 4.09. The Hall–Kier alpha value is -3.85. The number of fused-ring (bicyclic) bond motifs is 1. The van der Waals surface area contributed by atoms with Gasteiger partial charge < -0.3 is 14.0 Å². The first-order valence-electron chi connectivity index (χ1n) is 10.6. The number of aromatic nitrogens is 1. The summed E-state index contributed by atoms with van der Waals surface area (Å²) >= 11 is 0. The number of benzene rings is 2. The number of hydrogen-bond donors (Lipinski definition) is 1. The number of hydrogen-bond acceptors (Lipinski definition) is 6. The van der Waals surface area contributed by atoms with Gasteiger partial charge in [0.1, 0.15) is 5.56 Å². The van der Waals surface area contributed by atoms with Gasteiger partial charge in [-0.25, -0.2) is 18.0 Å². The van der Waals surface area contributed by atoms with E-state index in [2.05, 4.69) is 4.72 Å². The van der Waals surface area contributed by atoms with Crippen molar-refractivity contribution >= 4 is 33.7 Å². The van der Waals surface area contributed by atoms with Gasteiger partial charge in [-0.3, -0.25) is 4.72 Å². The largest absolute Gasteiger partial charge is 0.465 e. The molecule has 1 aliphatic rings. The van der Waals surface area contributed by atoms with Gasteiger partial charge in [0.15, 0.2) is 0 Å². The number of nitrogens with zero attached hydrogens (tertiary/aromatic N) is 1. The molecule has 0 saturated heterocycles. The Morgan fingerprint density at radius 2 is 1.59 bits per heavy atom. The van der Waals surface area contributed by atoms with Crippen molar-refractivity contribution in [3.8, 4) is 11.3 Å². The molecule has 1 N–H and O–H groups in total. The first-order chi connectivity index (χ1) is 16.3. The number of ether oxygens (including phenoxy) is 2. The minimum atomic E-state index is -3.73. The van der Waals surface area contributed by atoms with Crippen molar-refractivity contribution in [1.82, 2.24) is 4.57 Å². The van der Waals surface area contributed by atoms with E-state index in [0.717, 1.165) is 23.1 Å². The quantitative estimate of drug-likeness (QED) is 0.511. The van der Waals surface area contributed by atoms with Crippen LogP contribution < -0.4 is 4.72 Å². The van der Waals surface area contributed by atoms with Crippen molar-refractivity contribution in [2.45, 2.75) is 19.4 Å². The first-order valence-corrected chi connectivity index (χ1v) is 12.2. The Bertz CT molecular complexity index is 1360. The van der Waals surface area contributed by atoms with E-state index in [-0.39, 0.29) is 11.1 Å². The summed E-state index contributed by atoms with van der Waals surface area (Å²) in [5.74, 6) is -1.22. The fraction of sp³-hybridized carbons (Fsp3) is 0.200. The van der Waals surface area contributed by atoms with Crippen molar-refractivity contribution in [1.29, 1.82) is 0 Å². The lowest BCUT2D eigenvalue weighted by atomic mass is 10.0. The van der Waals surface area contributed by atoms with E-state index in [0.29, 0.717) is 29.9 Å². The smallest absolute Gasteiger partial charge is 0.340 e. The third-order valence-corrected chi connectivity index (χ3v) is 6.62. The number of esters is 2. The third kappa shape index (κ3) is 4.60. The number of carbonyl (C=O) groups excluding carboxylic acids is 2. The zero-order chi connectivity index (χ0) is 24.3. The normalized spacial score (nSPS) is 13.0. The second-order valence-corrected chi connectivity index (χ2v) is 9.29. The van der Waals surface area contributed by atoms with E-state index >= 15 is 0 Å². The molecule has 0 aliphatic carbocycles. The monoisotopic (exact) mass is 480 g/mol. The summed E-state index contributed by atoms with van der Waals surface area (Å²) in [5, 5.41) is 1.11. The van der Waals surface area contributed by atoms with Gasteiger partial charge in [-0.2, -0.15) is 0 Å². The molecule has 0 atom stereocenters. The lowest BCUT2D eigenvalue weighted by Gasteiger charge is -2.11. The maximum Gasteiger partial charge on any atom is 0.340 e. The van der Waals surface area contributed by atoms with Gasteiger partial charge in [0.05, 0.1) is 30.9 Å². The highest BCUT2D eigenvalue weighted by Gasteiger charge is 2.34. The number of anilines is 1. The summed E-state index contributed by atoms with van der Waals surface area (Å²) in [6.45, 7) is 0.643. The molecule has 176 valence electrons. The van der Waals surface area contributed by atoms with E-state index < -0.39 is 22.0 Å². The summed E-state index contributed by atoms with van der Waals surface area (Å²) in [6, 6.07) is 15.7. The lowest BCUT2D eigenvalue weighted by Crippen LogP contribution is -2.12. The van der Waals surface area contributed by atoms with Crippen molar-refractivity contribution in [2.24, 2.45) is 0 Å². The number of carbonyl (C=O) groups is 2. The molecular formula is C25H24N2O6S. The van der Waals surface area contributed by atoms with Crippen LogP contribution in [0.25, 0.3) is 17.3 Å². The number of rotatable bonds is 7. The van der Waals surface area contributed by atoms with Crippen LogP contribution in [0, 0.1) is 0 Å². The van der Waals surface area contributed by atoms with Crippen LogP contribution >= 0.6 is 0 Å². The van der Waals surface area contributed by atoms with Crippen molar-refractivity contribution < 1.29 is 27.5 Å². The summed E-state index contributed by atoms with van der Waals surface area (Å²) < 4.78 is 39.3. The van der Waals surface area contributed by atoms with Gasteiger partial charge in [0.2, 0.25) is 0 Å². The van der Waals surface area contributed by atoms with Crippen LogP contribution in [0.2, 0.25) is 0 Å². The molecule has 0 radical (unpaired) electrons. The van der Waals surface area contributed by atoms with Crippen LogP contribution in [0.15, 0.2) is 60.0 Å². The highest BCUT2D eigenvalue weighted by molar-refractivity contribution is 7.95. The summed E-state index contributed by atoms with van der Waals surface area (Å²) in [6.07, 6.45) is 2.98. The topological polar surface area (TPSA) is 104 Å². The zero-order valence-electron chi connectivity index (χ0n) is 18.8. The van der Waals surface area contributed by atoms with Crippen molar-refractivity contribution in [2.75, 3.05) is 18.9 Å².